The summed E-state index contributed by atoms with van der Waals surface area (Å²) < 4.78 is 47.5. The zero-order valence-electron chi connectivity index (χ0n) is 33.3. The molecule has 0 aromatic carbocycles. The van der Waals surface area contributed by atoms with Gasteiger partial charge in [0.05, 0.1) is 25.9 Å². The molecule has 0 amide bonds. The molecule has 0 bridgehead atoms. The molecule has 0 rings (SSSR count). The maximum absolute atomic E-state index is 12.6. The van der Waals surface area contributed by atoms with E-state index in [0.717, 1.165) is 63.7 Å². The molecule has 5 N–H and O–H groups in total. The minimum atomic E-state index is -4.87. The number of carbonyl (C=O) groups excluding carboxylic acids is 2. The van der Waals surface area contributed by atoms with E-state index in [9.17, 15) is 33.8 Å². The van der Waals surface area contributed by atoms with Gasteiger partial charge in [0.1, 0.15) is 12.7 Å². The van der Waals surface area contributed by atoms with Gasteiger partial charge in [0.25, 0.3) is 0 Å². The summed E-state index contributed by atoms with van der Waals surface area (Å²) in [5.74, 6) is -0.393. The van der Waals surface area contributed by atoms with Crippen LogP contribution in [0.1, 0.15) is 136 Å². The van der Waals surface area contributed by atoms with E-state index in [1.807, 2.05) is 18.2 Å². The normalized spacial score (nSPS) is 15.9. The highest BCUT2D eigenvalue weighted by molar-refractivity contribution is 7.47. The van der Waals surface area contributed by atoms with Crippen LogP contribution in [0.4, 0.5) is 0 Å². The van der Waals surface area contributed by atoms with Crippen LogP contribution in [0.3, 0.4) is 0 Å². The molecule has 0 aromatic heterocycles. The van der Waals surface area contributed by atoms with Gasteiger partial charge in [0.15, 0.2) is 6.10 Å². The van der Waals surface area contributed by atoms with E-state index in [1.165, 1.54) is 19.3 Å². The number of ether oxygens (including phenoxy) is 2. The lowest BCUT2D eigenvalue weighted by Gasteiger charge is -2.20. The lowest BCUT2D eigenvalue weighted by Crippen LogP contribution is -2.30. The first kappa shape index (κ1) is 53.0. The van der Waals surface area contributed by atoms with E-state index in [-0.39, 0.29) is 18.9 Å². The number of aliphatic hydroxyl groups is 2. The molecule has 16 heteroatoms. The second kappa shape index (κ2) is 34.1. The van der Waals surface area contributed by atoms with Crippen LogP contribution < -0.4 is 0 Å². The summed E-state index contributed by atoms with van der Waals surface area (Å²) in [6, 6.07) is 0. The molecule has 0 aliphatic carbocycles. The number of aliphatic hydroxyl groups excluding tert-OH is 2. The van der Waals surface area contributed by atoms with Crippen LogP contribution in [0.15, 0.2) is 48.6 Å². The highest BCUT2D eigenvalue weighted by atomic mass is 31.2. The average Bonchev–Trinajstić information content (AvgIpc) is 3.13. The Kier molecular flexibility index (Phi) is 32.9. The van der Waals surface area contributed by atoms with E-state index in [4.69, 9.17) is 23.8 Å². The quantitative estimate of drug-likeness (QED) is 0.0174. The van der Waals surface area contributed by atoms with E-state index in [2.05, 4.69) is 60.2 Å². The Bertz CT molecular complexity index is 1200. The second-order valence-electron chi connectivity index (χ2n) is 13.6. The first-order valence-electron chi connectivity index (χ1n) is 19.8. The molecular weight excluding hydrogens is 754 g/mol. The number of phosphoric acid groups is 2. The second-order valence-corrected chi connectivity index (χ2v) is 16.3. The average molecular weight is 825 g/mol. The van der Waals surface area contributed by atoms with Crippen molar-refractivity contribution in [3.8, 4) is 0 Å². The van der Waals surface area contributed by atoms with Crippen molar-refractivity contribution in [2.45, 2.75) is 155 Å². The Hall–Kier alpha value is -1.96. The minimum absolute atomic E-state index is 0.103. The first-order chi connectivity index (χ1) is 26.2. The van der Waals surface area contributed by atoms with Crippen molar-refractivity contribution in [2.75, 3.05) is 26.4 Å². The summed E-state index contributed by atoms with van der Waals surface area (Å²) in [5, 5.41) is 19.4. The predicted molar refractivity (Wildman–Crippen MR) is 213 cm³/mol. The van der Waals surface area contributed by atoms with Gasteiger partial charge < -0.3 is 34.4 Å². The lowest BCUT2D eigenvalue weighted by atomic mass is 10.00. The Morgan fingerprint density at radius 3 is 1.78 bits per heavy atom. The number of phosphoric ester groups is 2. The SMILES string of the molecule is CCCC(O)C/C=C\C/C=C\C/C=C\C/C=C\CCCC(=O)OC[C@H](COP(=O)(O)OC[C@@H](O)COP(=O)(O)O)OC(=O)CCCCCCCCC(C)CC. The van der Waals surface area contributed by atoms with Gasteiger partial charge in [0, 0.05) is 12.8 Å². The summed E-state index contributed by atoms with van der Waals surface area (Å²) in [5.41, 5.74) is 0. The van der Waals surface area contributed by atoms with Crippen molar-refractivity contribution in [1.82, 2.24) is 0 Å². The van der Waals surface area contributed by atoms with Crippen LogP contribution in [0.25, 0.3) is 0 Å². The lowest BCUT2D eigenvalue weighted by molar-refractivity contribution is -0.161. The number of esters is 2. The van der Waals surface area contributed by atoms with Crippen molar-refractivity contribution in [3.05, 3.63) is 48.6 Å². The van der Waals surface area contributed by atoms with Crippen LogP contribution in [0, 0.1) is 5.92 Å². The smallest absolute Gasteiger partial charge is 0.462 e. The third-order valence-electron chi connectivity index (χ3n) is 8.31. The molecule has 14 nitrogen and oxygen atoms in total. The number of unbranched alkanes of at least 4 members (excludes halogenated alkanes) is 6. The minimum Gasteiger partial charge on any atom is -0.462 e. The first-order valence-corrected chi connectivity index (χ1v) is 22.8. The molecule has 5 atom stereocenters. The Morgan fingerprint density at radius 1 is 0.618 bits per heavy atom. The molecule has 0 fully saturated rings. The van der Waals surface area contributed by atoms with E-state index in [1.54, 1.807) is 0 Å². The van der Waals surface area contributed by atoms with Crippen molar-refractivity contribution in [3.63, 3.8) is 0 Å². The standard InChI is InChI=1S/C39H70O14P2/c1-4-25-35(40)27-22-18-13-11-9-7-6-8-10-12-14-19-23-28-38(42)49-32-37(33-52-55(47,48)51-31-36(41)30-50-54(44,45)46)53-39(43)29-24-20-16-15-17-21-26-34(3)5-2/h6,8-9,11-12,14,18,22,34-37,40-41H,4-5,7,10,13,15-17,19-21,23-33H2,1-3H3,(H,47,48)(H2,44,45,46)/b8-6-,11-9-,14-12-,22-18-/t34?,35?,36-,37+/m0/s1. The molecule has 0 aliphatic heterocycles. The fourth-order valence-corrected chi connectivity index (χ4v) is 6.07. The Balaban J connectivity index is 4.66. The van der Waals surface area contributed by atoms with Crippen LogP contribution in [-0.2, 0) is 41.8 Å². The van der Waals surface area contributed by atoms with Crippen molar-refractivity contribution < 1.29 is 66.7 Å². The topological polar surface area (TPSA) is 216 Å². The molecule has 0 saturated carbocycles. The maximum atomic E-state index is 12.6. The molecule has 320 valence electrons. The number of allylic oxidation sites excluding steroid dienone is 7. The molecule has 0 radical (unpaired) electrons. The van der Waals surface area contributed by atoms with Crippen molar-refractivity contribution in [1.29, 1.82) is 0 Å². The van der Waals surface area contributed by atoms with Gasteiger partial charge in [0.2, 0.25) is 0 Å². The van der Waals surface area contributed by atoms with Crippen LogP contribution in [-0.4, -0.2) is 81.6 Å². The molecule has 3 unspecified atom stereocenters. The number of hydrogen-bond donors (Lipinski definition) is 5. The highest BCUT2D eigenvalue weighted by Crippen LogP contribution is 2.43. The van der Waals surface area contributed by atoms with Gasteiger partial charge in [-0.2, -0.15) is 0 Å². The zero-order valence-corrected chi connectivity index (χ0v) is 35.1. The maximum Gasteiger partial charge on any atom is 0.472 e. The molecule has 0 spiro atoms. The zero-order chi connectivity index (χ0) is 41.2. The van der Waals surface area contributed by atoms with Gasteiger partial charge in [-0.3, -0.25) is 23.2 Å². The highest BCUT2D eigenvalue weighted by Gasteiger charge is 2.28. The molecular formula is C39H70O14P2. The fourth-order valence-electron chi connectivity index (χ4n) is 4.92. The van der Waals surface area contributed by atoms with Gasteiger partial charge in [-0.25, -0.2) is 9.13 Å². The van der Waals surface area contributed by atoms with E-state index in [0.29, 0.717) is 25.7 Å². The molecule has 0 aromatic rings. The molecule has 0 aliphatic rings. The summed E-state index contributed by atoms with van der Waals surface area (Å²) in [6.07, 6.45) is 27.8. The number of rotatable bonds is 36. The Morgan fingerprint density at radius 2 is 1.16 bits per heavy atom. The number of hydrogen-bond acceptors (Lipinski definition) is 11. The number of carbonyl (C=O) groups is 2. The van der Waals surface area contributed by atoms with Gasteiger partial charge >= 0.3 is 27.6 Å². The van der Waals surface area contributed by atoms with Crippen LogP contribution in [0.2, 0.25) is 0 Å². The van der Waals surface area contributed by atoms with Crippen molar-refractivity contribution in [2.24, 2.45) is 5.92 Å². The van der Waals surface area contributed by atoms with E-state index >= 15 is 0 Å². The van der Waals surface area contributed by atoms with E-state index < -0.39 is 66.2 Å². The van der Waals surface area contributed by atoms with Gasteiger partial charge in [-0.1, -0.05) is 121 Å². The van der Waals surface area contributed by atoms with Crippen molar-refractivity contribution >= 4 is 27.6 Å². The summed E-state index contributed by atoms with van der Waals surface area (Å²) in [6.45, 7) is 3.70. The predicted octanol–water partition coefficient (Wildman–Crippen LogP) is 8.33. The van der Waals surface area contributed by atoms with Crippen LogP contribution >= 0.6 is 15.6 Å². The third-order valence-corrected chi connectivity index (χ3v) is 9.74. The summed E-state index contributed by atoms with van der Waals surface area (Å²) in [7, 11) is -9.69. The molecule has 0 saturated heterocycles. The summed E-state index contributed by atoms with van der Waals surface area (Å²) >= 11 is 0. The largest absolute Gasteiger partial charge is 0.472 e. The van der Waals surface area contributed by atoms with Gasteiger partial charge in [-0.05, 0) is 57.3 Å². The van der Waals surface area contributed by atoms with Crippen LogP contribution in [0.5, 0.6) is 0 Å². The monoisotopic (exact) mass is 824 g/mol. The Labute approximate surface area is 329 Å². The summed E-state index contributed by atoms with van der Waals surface area (Å²) in [4.78, 5) is 52.4. The fraction of sp³-hybridized carbons (Fsp3) is 0.744. The molecule has 55 heavy (non-hydrogen) atoms. The van der Waals surface area contributed by atoms with Gasteiger partial charge in [-0.15, -0.1) is 0 Å². The molecule has 0 heterocycles. The third kappa shape index (κ3) is 37.4.